The highest BCUT2D eigenvalue weighted by Crippen LogP contribution is 2.45. The largest absolute Gasteiger partial charge is 0.472 e. The third-order valence-corrected chi connectivity index (χ3v) is 20.8. The van der Waals surface area contributed by atoms with Crippen LogP contribution in [0.2, 0.25) is 0 Å². The monoisotopic (exact) mass is 1450 g/mol. The van der Waals surface area contributed by atoms with Crippen LogP contribution in [0.15, 0.2) is 0 Å². The highest BCUT2D eigenvalue weighted by molar-refractivity contribution is 7.47. The Morgan fingerprint density at radius 1 is 0.242 bits per heavy atom. The van der Waals surface area contributed by atoms with E-state index in [1.54, 1.807) is 0 Å². The van der Waals surface area contributed by atoms with E-state index in [2.05, 4.69) is 27.7 Å². The van der Waals surface area contributed by atoms with Crippen LogP contribution < -0.4 is 0 Å². The molecule has 0 fully saturated rings. The molecule has 0 aromatic carbocycles. The van der Waals surface area contributed by atoms with E-state index in [1.807, 2.05) is 0 Å². The van der Waals surface area contributed by atoms with Crippen LogP contribution in [-0.2, 0) is 65.4 Å². The highest BCUT2D eigenvalue weighted by atomic mass is 31.2. The highest BCUT2D eigenvalue weighted by Gasteiger charge is 2.30. The molecule has 0 saturated heterocycles. The Morgan fingerprint density at radius 2 is 0.404 bits per heavy atom. The van der Waals surface area contributed by atoms with Crippen molar-refractivity contribution in [2.75, 3.05) is 39.6 Å². The van der Waals surface area contributed by atoms with E-state index in [-0.39, 0.29) is 25.7 Å². The van der Waals surface area contributed by atoms with Gasteiger partial charge in [-0.3, -0.25) is 37.3 Å². The molecule has 0 aliphatic heterocycles. The lowest BCUT2D eigenvalue weighted by molar-refractivity contribution is -0.161. The van der Waals surface area contributed by atoms with Gasteiger partial charge in [0.2, 0.25) is 0 Å². The molecular weight excluding hydrogens is 1290 g/mol. The molecule has 0 amide bonds. The standard InChI is InChI=1S/C80H156O17P2/c1-5-9-13-17-21-25-28-30-32-34-36-38-40-42-44-46-48-51-55-59-63-67-80(85)97-76(71-91-78(83)65-61-57-53-50-47-45-43-41-39-37-35-33-31-29-26-22-18-14-10-6-2)73-95-99(88,89)93-69-74(81)68-92-98(86,87)94-72-75(70-90-77(82)64-60-56-52-24-20-16-12-8-4)96-79(84)66-62-58-54-49-27-23-19-15-11-7-3/h74-76,81H,5-73H2,1-4H3,(H,86,87)(H,88,89)/t74-,75+,76+/m0/s1. The number of phosphoric ester groups is 2. The molecule has 0 aromatic heterocycles. The van der Waals surface area contributed by atoms with E-state index < -0.39 is 97.5 Å². The first kappa shape index (κ1) is 97.1. The fourth-order valence-corrected chi connectivity index (χ4v) is 14.0. The summed E-state index contributed by atoms with van der Waals surface area (Å²) in [5, 5.41) is 10.6. The van der Waals surface area contributed by atoms with Crippen LogP contribution in [0, 0.1) is 0 Å². The van der Waals surface area contributed by atoms with Crippen molar-refractivity contribution in [2.24, 2.45) is 0 Å². The van der Waals surface area contributed by atoms with Gasteiger partial charge in [0, 0.05) is 25.7 Å². The number of aliphatic hydroxyl groups excluding tert-OH is 1. The van der Waals surface area contributed by atoms with Crippen molar-refractivity contribution in [1.82, 2.24) is 0 Å². The van der Waals surface area contributed by atoms with Crippen molar-refractivity contribution in [2.45, 2.75) is 451 Å². The van der Waals surface area contributed by atoms with Crippen molar-refractivity contribution in [3.05, 3.63) is 0 Å². The third kappa shape index (κ3) is 74.1. The zero-order valence-corrected chi connectivity index (χ0v) is 66.3. The third-order valence-electron chi connectivity index (χ3n) is 18.9. The Balaban J connectivity index is 5.15. The van der Waals surface area contributed by atoms with Crippen LogP contribution >= 0.6 is 15.6 Å². The van der Waals surface area contributed by atoms with Crippen molar-refractivity contribution in [1.29, 1.82) is 0 Å². The maximum Gasteiger partial charge on any atom is 0.472 e. The van der Waals surface area contributed by atoms with Gasteiger partial charge in [0.05, 0.1) is 26.4 Å². The zero-order chi connectivity index (χ0) is 72.5. The minimum absolute atomic E-state index is 0.107. The summed E-state index contributed by atoms with van der Waals surface area (Å²) >= 11 is 0. The summed E-state index contributed by atoms with van der Waals surface area (Å²) in [7, 11) is -9.91. The number of carbonyl (C=O) groups excluding carboxylic acids is 4. The summed E-state index contributed by atoms with van der Waals surface area (Å²) in [6, 6.07) is 0. The molecule has 588 valence electrons. The zero-order valence-electron chi connectivity index (χ0n) is 64.5. The van der Waals surface area contributed by atoms with Gasteiger partial charge >= 0.3 is 39.5 Å². The SMILES string of the molecule is CCCCCCCCCCCCCCCCCCCCCCCC(=O)O[C@H](COC(=O)CCCCCCCCCCCCCCCCCCCCCC)COP(=O)(O)OC[C@@H](O)COP(=O)(O)OC[C@@H](COC(=O)CCCCCCCCCC)OC(=O)CCCCCCCCCCCC. The van der Waals surface area contributed by atoms with Crippen molar-refractivity contribution in [3.63, 3.8) is 0 Å². The molecular formula is C80H156O17P2. The van der Waals surface area contributed by atoms with Gasteiger partial charge in [-0.05, 0) is 25.7 Å². The number of esters is 4. The molecule has 0 saturated carbocycles. The van der Waals surface area contributed by atoms with Gasteiger partial charge in [-0.1, -0.05) is 381 Å². The van der Waals surface area contributed by atoms with Gasteiger partial charge in [0.15, 0.2) is 12.2 Å². The van der Waals surface area contributed by atoms with Gasteiger partial charge in [-0.2, -0.15) is 0 Å². The maximum atomic E-state index is 13.1. The Morgan fingerprint density at radius 3 is 0.596 bits per heavy atom. The molecule has 0 aromatic rings. The van der Waals surface area contributed by atoms with Crippen LogP contribution in [0.1, 0.15) is 432 Å². The molecule has 19 heteroatoms. The second kappa shape index (κ2) is 74.3. The lowest BCUT2D eigenvalue weighted by atomic mass is 10.0. The Labute approximate surface area is 607 Å². The first-order valence-electron chi connectivity index (χ1n) is 41.8. The summed E-state index contributed by atoms with van der Waals surface area (Å²) in [4.78, 5) is 72.8. The molecule has 2 unspecified atom stereocenters. The molecule has 0 spiro atoms. The van der Waals surface area contributed by atoms with Crippen LogP contribution in [0.4, 0.5) is 0 Å². The minimum Gasteiger partial charge on any atom is -0.462 e. The predicted molar refractivity (Wildman–Crippen MR) is 405 cm³/mol. The number of phosphoric acid groups is 2. The topological polar surface area (TPSA) is 237 Å². The number of hydrogen-bond donors (Lipinski definition) is 3. The number of rotatable bonds is 81. The number of ether oxygens (including phenoxy) is 4. The summed E-state index contributed by atoms with van der Waals surface area (Å²) in [6.45, 7) is 4.97. The van der Waals surface area contributed by atoms with Crippen LogP contribution in [0.5, 0.6) is 0 Å². The molecule has 0 aliphatic carbocycles. The molecule has 17 nitrogen and oxygen atoms in total. The Hall–Kier alpha value is -1.94. The summed E-state index contributed by atoms with van der Waals surface area (Å²) in [5.74, 6) is -2.11. The van der Waals surface area contributed by atoms with Gasteiger partial charge < -0.3 is 33.8 Å². The van der Waals surface area contributed by atoms with Crippen LogP contribution in [0.25, 0.3) is 0 Å². The van der Waals surface area contributed by atoms with E-state index >= 15 is 0 Å². The quantitative estimate of drug-likeness (QED) is 0.0222. The van der Waals surface area contributed by atoms with E-state index in [4.69, 9.17) is 37.0 Å². The van der Waals surface area contributed by atoms with Crippen molar-refractivity contribution in [3.8, 4) is 0 Å². The lowest BCUT2D eigenvalue weighted by Gasteiger charge is -2.21. The second-order valence-electron chi connectivity index (χ2n) is 28.8. The normalized spacial score (nSPS) is 13.8. The number of unbranched alkanes of at least 4 members (excludes halogenated alkanes) is 55. The lowest BCUT2D eigenvalue weighted by Crippen LogP contribution is -2.30. The smallest absolute Gasteiger partial charge is 0.462 e. The molecule has 0 bridgehead atoms. The summed E-state index contributed by atoms with van der Waals surface area (Å²) in [6.07, 6.45) is 66.9. The van der Waals surface area contributed by atoms with Crippen molar-refractivity contribution >= 4 is 39.5 Å². The average Bonchev–Trinajstić information content (AvgIpc) is 0.961. The minimum atomic E-state index is -4.96. The van der Waals surface area contributed by atoms with Crippen LogP contribution in [0.3, 0.4) is 0 Å². The summed E-state index contributed by atoms with van der Waals surface area (Å²) in [5.41, 5.74) is 0. The van der Waals surface area contributed by atoms with E-state index in [0.717, 1.165) is 96.3 Å². The first-order valence-corrected chi connectivity index (χ1v) is 44.8. The molecule has 5 atom stereocenters. The van der Waals surface area contributed by atoms with E-state index in [1.165, 1.54) is 257 Å². The summed E-state index contributed by atoms with van der Waals surface area (Å²) < 4.78 is 68.5. The van der Waals surface area contributed by atoms with Crippen LogP contribution in [-0.4, -0.2) is 96.7 Å². The molecule has 0 radical (unpaired) electrons. The Bertz CT molecular complexity index is 1880. The fourth-order valence-electron chi connectivity index (χ4n) is 12.5. The van der Waals surface area contributed by atoms with E-state index in [9.17, 15) is 43.2 Å². The number of carbonyl (C=O) groups is 4. The average molecular weight is 1450 g/mol. The van der Waals surface area contributed by atoms with Gasteiger partial charge in [0.25, 0.3) is 0 Å². The maximum absolute atomic E-state index is 13.1. The molecule has 0 rings (SSSR count). The number of hydrogen-bond acceptors (Lipinski definition) is 15. The number of aliphatic hydroxyl groups is 1. The van der Waals surface area contributed by atoms with Gasteiger partial charge in [-0.15, -0.1) is 0 Å². The molecule has 99 heavy (non-hydrogen) atoms. The first-order chi connectivity index (χ1) is 48.2. The molecule has 0 heterocycles. The van der Waals surface area contributed by atoms with Gasteiger partial charge in [-0.25, -0.2) is 9.13 Å². The van der Waals surface area contributed by atoms with Crippen molar-refractivity contribution < 1.29 is 80.2 Å². The predicted octanol–water partition coefficient (Wildman–Crippen LogP) is 24.2. The second-order valence-corrected chi connectivity index (χ2v) is 31.7. The Kier molecular flexibility index (Phi) is 72.9. The molecule has 3 N–H and O–H groups in total. The van der Waals surface area contributed by atoms with E-state index in [0.29, 0.717) is 25.7 Å². The fraction of sp³-hybridized carbons (Fsp3) is 0.950. The molecule has 0 aliphatic rings. The van der Waals surface area contributed by atoms with Gasteiger partial charge in [0.1, 0.15) is 19.3 Å².